The van der Waals surface area contributed by atoms with Gasteiger partial charge >= 0.3 is 0 Å². The maximum absolute atomic E-state index is 3.37. The molecule has 1 aliphatic rings. The largest absolute Gasteiger partial charge is 0.261 e. The molecule has 0 aromatic carbocycles. The quantitative estimate of drug-likeness (QED) is 0.543. The first-order valence-electron chi connectivity index (χ1n) is 3.18. The molecule has 2 heteroatoms. The summed E-state index contributed by atoms with van der Waals surface area (Å²) in [5.41, 5.74) is 0. The Balaban J connectivity index is 2.24. The molecule has 1 saturated heterocycles. The van der Waals surface area contributed by atoms with Gasteiger partial charge in [0.25, 0.3) is 0 Å². The fourth-order valence-electron chi connectivity index (χ4n) is 0.880. The van der Waals surface area contributed by atoms with E-state index in [1.54, 1.807) is 0 Å². The molecule has 1 aliphatic heterocycles. The predicted octanol–water partition coefficient (Wildman–Crippen LogP) is 1.65. The molecule has 1 nitrogen and oxygen atoms in total. The highest BCUT2D eigenvalue weighted by Crippen LogP contribution is 2.18. The minimum absolute atomic E-state index is 0.778. The highest BCUT2D eigenvalue weighted by atomic mass is 32.2. The summed E-state index contributed by atoms with van der Waals surface area (Å²) in [5, 5.41) is 0. The lowest BCUT2D eigenvalue weighted by molar-refractivity contribution is 0.474. The van der Waals surface area contributed by atoms with Gasteiger partial charge in [-0.1, -0.05) is 25.8 Å². The van der Waals surface area contributed by atoms with Gasteiger partial charge in [0, 0.05) is 11.8 Å². The van der Waals surface area contributed by atoms with Gasteiger partial charge in [0.15, 0.2) is 0 Å². The smallest absolute Gasteiger partial charge is 0.0203 e. The van der Waals surface area contributed by atoms with E-state index >= 15 is 0 Å². The third kappa shape index (κ3) is 1.39. The summed E-state index contributed by atoms with van der Waals surface area (Å²) in [7, 11) is 0. The van der Waals surface area contributed by atoms with Gasteiger partial charge in [-0.3, -0.25) is 4.72 Å². The summed E-state index contributed by atoms with van der Waals surface area (Å²) in [5.74, 6) is 2.10. The predicted molar refractivity (Wildman–Crippen MR) is 38.8 cm³/mol. The maximum Gasteiger partial charge on any atom is 0.0203 e. The van der Waals surface area contributed by atoms with Crippen molar-refractivity contribution in [3.8, 4) is 0 Å². The second-order valence-electron chi connectivity index (χ2n) is 2.61. The molecule has 1 heterocycles. The van der Waals surface area contributed by atoms with Crippen LogP contribution in [0.5, 0.6) is 0 Å². The zero-order chi connectivity index (χ0) is 5.98. The lowest BCUT2D eigenvalue weighted by Gasteiger charge is -2.11. The lowest BCUT2D eigenvalue weighted by atomic mass is 10.0. The molecular weight excluding hydrogens is 118 g/mol. The van der Waals surface area contributed by atoms with Crippen molar-refractivity contribution in [2.45, 2.75) is 26.3 Å². The van der Waals surface area contributed by atoms with Crippen molar-refractivity contribution in [1.82, 2.24) is 4.72 Å². The first-order valence-corrected chi connectivity index (χ1v) is 4.16. The average molecular weight is 131 g/mol. The van der Waals surface area contributed by atoms with Crippen LogP contribution in [0.15, 0.2) is 0 Å². The molecule has 1 fully saturated rings. The van der Waals surface area contributed by atoms with Crippen molar-refractivity contribution in [3.63, 3.8) is 0 Å². The molecule has 0 aromatic rings. The number of hydrogen-bond acceptors (Lipinski definition) is 2. The first-order chi connectivity index (χ1) is 3.80. The van der Waals surface area contributed by atoms with E-state index in [0.29, 0.717) is 0 Å². The van der Waals surface area contributed by atoms with E-state index in [9.17, 15) is 0 Å². The lowest BCUT2D eigenvalue weighted by Crippen LogP contribution is -2.22. The van der Waals surface area contributed by atoms with Gasteiger partial charge in [-0.2, -0.15) is 0 Å². The van der Waals surface area contributed by atoms with Crippen molar-refractivity contribution >= 4 is 11.9 Å². The summed E-state index contributed by atoms with van der Waals surface area (Å²) in [6, 6.07) is 0.778. The van der Waals surface area contributed by atoms with Crippen LogP contribution in [0, 0.1) is 5.92 Å². The normalized spacial score (nSPS) is 29.6. The Morgan fingerprint density at radius 2 is 2.38 bits per heavy atom. The molecule has 1 rings (SSSR count). The van der Waals surface area contributed by atoms with Gasteiger partial charge in [0.2, 0.25) is 0 Å². The zero-order valence-electron chi connectivity index (χ0n) is 5.48. The molecule has 0 amide bonds. The average Bonchev–Trinajstić information content (AvgIpc) is 2.12. The van der Waals surface area contributed by atoms with Crippen molar-refractivity contribution in [3.05, 3.63) is 0 Å². The molecule has 0 aromatic heterocycles. The monoisotopic (exact) mass is 131 g/mol. The topological polar surface area (TPSA) is 12.0 Å². The van der Waals surface area contributed by atoms with Crippen LogP contribution >= 0.6 is 11.9 Å². The summed E-state index contributed by atoms with van der Waals surface area (Å²) in [6.45, 7) is 4.53. The summed E-state index contributed by atoms with van der Waals surface area (Å²) < 4.78 is 3.37. The number of rotatable bonds is 1. The Kier molecular flexibility index (Phi) is 2.20. The Morgan fingerprint density at radius 1 is 1.62 bits per heavy atom. The maximum atomic E-state index is 3.37. The molecule has 0 bridgehead atoms. The van der Waals surface area contributed by atoms with Crippen LogP contribution in [0.3, 0.4) is 0 Å². The molecule has 0 radical (unpaired) electrons. The van der Waals surface area contributed by atoms with E-state index in [4.69, 9.17) is 0 Å². The molecule has 1 N–H and O–H groups in total. The Bertz CT molecular complexity index is 66.9. The van der Waals surface area contributed by atoms with Crippen LogP contribution in [-0.4, -0.2) is 11.8 Å². The molecule has 0 aliphatic carbocycles. The second kappa shape index (κ2) is 2.74. The molecular formula is C6H13NS. The van der Waals surface area contributed by atoms with E-state index in [1.807, 2.05) is 11.9 Å². The van der Waals surface area contributed by atoms with Gasteiger partial charge in [-0.05, 0) is 12.3 Å². The summed E-state index contributed by atoms with van der Waals surface area (Å²) >= 11 is 1.86. The molecule has 1 atom stereocenters. The first kappa shape index (κ1) is 6.43. The standard InChI is InChI=1S/C6H13NS/c1-5(2)6-3-4-8-7-6/h5-7H,3-4H2,1-2H3. The van der Waals surface area contributed by atoms with E-state index in [0.717, 1.165) is 12.0 Å². The van der Waals surface area contributed by atoms with Gasteiger partial charge in [0.1, 0.15) is 0 Å². The van der Waals surface area contributed by atoms with Gasteiger partial charge in [0.05, 0.1) is 0 Å². The Hall–Kier alpha value is 0.310. The van der Waals surface area contributed by atoms with E-state index in [2.05, 4.69) is 18.6 Å². The fraction of sp³-hybridized carbons (Fsp3) is 1.00. The molecule has 1 unspecified atom stereocenters. The third-order valence-electron chi connectivity index (χ3n) is 1.57. The minimum atomic E-state index is 0.778. The van der Waals surface area contributed by atoms with Crippen LogP contribution in [0.25, 0.3) is 0 Å². The van der Waals surface area contributed by atoms with Gasteiger partial charge in [-0.25, -0.2) is 0 Å². The third-order valence-corrected chi connectivity index (χ3v) is 2.48. The van der Waals surface area contributed by atoms with Crippen molar-refractivity contribution in [2.24, 2.45) is 5.92 Å². The van der Waals surface area contributed by atoms with Gasteiger partial charge in [-0.15, -0.1) is 0 Å². The highest BCUT2D eigenvalue weighted by Gasteiger charge is 2.17. The van der Waals surface area contributed by atoms with Gasteiger partial charge < -0.3 is 0 Å². The Labute approximate surface area is 55.4 Å². The SMILES string of the molecule is CC(C)C1CCSN1. The van der Waals surface area contributed by atoms with E-state index in [1.165, 1.54) is 12.2 Å². The Morgan fingerprint density at radius 3 is 2.62 bits per heavy atom. The van der Waals surface area contributed by atoms with Crippen LogP contribution in [0.4, 0.5) is 0 Å². The molecule has 8 heavy (non-hydrogen) atoms. The van der Waals surface area contributed by atoms with Crippen LogP contribution in [0.2, 0.25) is 0 Å². The summed E-state index contributed by atoms with van der Waals surface area (Å²) in [4.78, 5) is 0. The zero-order valence-corrected chi connectivity index (χ0v) is 6.29. The molecule has 0 spiro atoms. The van der Waals surface area contributed by atoms with Crippen molar-refractivity contribution in [1.29, 1.82) is 0 Å². The number of nitrogens with one attached hydrogen (secondary N) is 1. The summed E-state index contributed by atoms with van der Waals surface area (Å²) in [6.07, 6.45) is 1.35. The van der Waals surface area contributed by atoms with Crippen molar-refractivity contribution in [2.75, 3.05) is 5.75 Å². The van der Waals surface area contributed by atoms with E-state index < -0.39 is 0 Å². The number of hydrogen-bond donors (Lipinski definition) is 1. The second-order valence-corrected chi connectivity index (χ2v) is 3.54. The molecule has 48 valence electrons. The fourth-order valence-corrected chi connectivity index (χ4v) is 1.97. The van der Waals surface area contributed by atoms with E-state index in [-0.39, 0.29) is 0 Å². The minimum Gasteiger partial charge on any atom is -0.261 e. The molecule has 0 saturated carbocycles. The highest BCUT2D eigenvalue weighted by molar-refractivity contribution is 7.97. The van der Waals surface area contributed by atoms with Crippen LogP contribution < -0.4 is 4.72 Å². The van der Waals surface area contributed by atoms with Crippen molar-refractivity contribution < 1.29 is 0 Å². The van der Waals surface area contributed by atoms with Crippen LogP contribution in [-0.2, 0) is 0 Å². The van der Waals surface area contributed by atoms with Crippen LogP contribution in [0.1, 0.15) is 20.3 Å².